The molecule has 0 bridgehead atoms. The summed E-state index contributed by atoms with van der Waals surface area (Å²) < 4.78 is 8.14. The van der Waals surface area contributed by atoms with Gasteiger partial charge in [0.15, 0.2) is 5.16 Å². The lowest BCUT2D eigenvalue weighted by Gasteiger charge is -2.36. The van der Waals surface area contributed by atoms with Gasteiger partial charge in [0.2, 0.25) is 0 Å². The summed E-state index contributed by atoms with van der Waals surface area (Å²) in [5.74, 6) is 1.74. The third-order valence-electron chi connectivity index (χ3n) is 6.35. The zero-order valence-corrected chi connectivity index (χ0v) is 19.7. The van der Waals surface area contributed by atoms with Crippen LogP contribution in [0.4, 0.5) is 0 Å². The number of carbonyl (C=O) groups excluding carboxylic acids is 1. The number of imidazole rings is 1. The smallest absolute Gasteiger partial charge is 0.316 e. The van der Waals surface area contributed by atoms with E-state index in [0.717, 1.165) is 34.7 Å². The molecule has 3 atom stereocenters. The number of thioether (sulfide) groups is 1. The second-order valence-electron chi connectivity index (χ2n) is 9.20. The Morgan fingerprint density at radius 1 is 1.19 bits per heavy atom. The number of aromatic nitrogens is 2. The molecule has 5 heteroatoms. The molecule has 2 aromatic carbocycles. The van der Waals surface area contributed by atoms with E-state index in [9.17, 15) is 4.79 Å². The van der Waals surface area contributed by atoms with Crippen molar-refractivity contribution in [2.24, 2.45) is 17.8 Å². The number of hydrogen-bond donors (Lipinski definition) is 0. The third kappa shape index (κ3) is 4.98. The topological polar surface area (TPSA) is 44.1 Å². The Morgan fingerprint density at radius 2 is 2.00 bits per heavy atom. The van der Waals surface area contributed by atoms with E-state index in [1.807, 2.05) is 18.2 Å². The molecule has 0 radical (unpaired) electrons. The molecule has 1 aliphatic carbocycles. The van der Waals surface area contributed by atoms with Crippen molar-refractivity contribution in [3.05, 3.63) is 54.1 Å². The number of carbonyl (C=O) groups is 1. The van der Waals surface area contributed by atoms with E-state index in [1.54, 1.807) is 0 Å². The number of benzene rings is 2. The molecule has 1 fully saturated rings. The Labute approximate surface area is 189 Å². The van der Waals surface area contributed by atoms with Crippen LogP contribution in [-0.4, -0.2) is 27.4 Å². The average molecular weight is 437 g/mol. The summed E-state index contributed by atoms with van der Waals surface area (Å²) in [5.41, 5.74) is 4.23. The first-order valence-electron chi connectivity index (χ1n) is 11.3. The van der Waals surface area contributed by atoms with E-state index in [1.165, 1.54) is 23.7 Å². The maximum Gasteiger partial charge on any atom is 0.316 e. The number of rotatable bonds is 6. The fourth-order valence-electron chi connectivity index (χ4n) is 4.69. The molecule has 0 saturated heterocycles. The fourth-order valence-corrected chi connectivity index (χ4v) is 5.50. The van der Waals surface area contributed by atoms with Crippen LogP contribution in [-0.2, 0) is 9.53 Å². The summed E-state index contributed by atoms with van der Waals surface area (Å²) in [6.07, 6.45) is 3.38. The van der Waals surface area contributed by atoms with Gasteiger partial charge in [-0.1, -0.05) is 63.2 Å². The van der Waals surface area contributed by atoms with Crippen molar-refractivity contribution in [3.8, 4) is 5.69 Å². The maximum absolute atomic E-state index is 12.8. The lowest BCUT2D eigenvalue weighted by molar-refractivity contribution is -0.152. The van der Waals surface area contributed by atoms with Gasteiger partial charge in [-0.25, -0.2) is 4.98 Å². The van der Waals surface area contributed by atoms with Gasteiger partial charge < -0.3 is 4.74 Å². The van der Waals surface area contributed by atoms with Crippen LogP contribution in [0.2, 0.25) is 0 Å². The summed E-state index contributed by atoms with van der Waals surface area (Å²) in [7, 11) is 0. The zero-order valence-electron chi connectivity index (χ0n) is 18.9. The molecule has 0 spiro atoms. The Morgan fingerprint density at radius 3 is 2.77 bits per heavy atom. The molecule has 3 aromatic rings. The standard InChI is InChI=1S/C26H32N2O2S/c1-17(2)21-13-12-19(4)15-24(21)30-25(29)16-31-26-27-22-10-5-6-11-23(22)28(26)20-9-7-8-18(3)14-20/h5-11,14,17,19,21,24H,12-13,15-16H2,1-4H3/t19-,21+,24-/m1/s1. The Balaban J connectivity index is 1.52. The van der Waals surface area contributed by atoms with Crippen molar-refractivity contribution in [1.82, 2.24) is 9.55 Å². The highest BCUT2D eigenvalue weighted by Crippen LogP contribution is 2.36. The average Bonchev–Trinajstić information content (AvgIpc) is 3.10. The molecule has 0 unspecified atom stereocenters. The summed E-state index contributed by atoms with van der Waals surface area (Å²) >= 11 is 1.46. The van der Waals surface area contributed by atoms with E-state index >= 15 is 0 Å². The quantitative estimate of drug-likeness (QED) is 0.330. The summed E-state index contributed by atoms with van der Waals surface area (Å²) in [5, 5.41) is 0.821. The predicted molar refractivity (Wildman–Crippen MR) is 128 cm³/mol. The molecule has 31 heavy (non-hydrogen) atoms. The van der Waals surface area contributed by atoms with Crippen LogP contribution in [0.15, 0.2) is 53.7 Å². The number of aryl methyl sites for hydroxylation is 1. The second kappa shape index (κ2) is 9.47. The van der Waals surface area contributed by atoms with Crippen LogP contribution in [0.25, 0.3) is 16.7 Å². The number of ether oxygens (including phenoxy) is 1. The summed E-state index contributed by atoms with van der Waals surface area (Å²) in [4.78, 5) is 17.6. The van der Waals surface area contributed by atoms with Crippen molar-refractivity contribution in [2.75, 3.05) is 5.75 Å². The van der Waals surface area contributed by atoms with Gasteiger partial charge in [0.1, 0.15) is 6.10 Å². The molecule has 1 aliphatic rings. The first kappa shape index (κ1) is 21.9. The molecule has 1 heterocycles. The van der Waals surface area contributed by atoms with Crippen molar-refractivity contribution >= 4 is 28.8 Å². The van der Waals surface area contributed by atoms with Crippen LogP contribution in [0, 0.1) is 24.7 Å². The van der Waals surface area contributed by atoms with Gasteiger partial charge in [-0.15, -0.1) is 0 Å². The Kier molecular flexibility index (Phi) is 6.71. The van der Waals surface area contributed by atoms with Gasteiger partial charge in [-0.3, -0.25) is 9.36 Å². The van der Waals surface area contributed by atoms with E-state index in [0.29, 0.717) is 17.8 Å². The normalized spacial score (nSPS) is 21.5. The van der Waals surface area contributed by atoms with Gasteiger partial charge in [0.05, 0.1) is 16.8 Å². The molecule has 4 nitrogen and oxygen atoms in total. The molecular weight excluding hydrogens is 404 g/mol. The summed E-state index contributed by atoms with van der Waals surface area (Å²) in [6, 6.07) is 16.5. The molecule has 0 aliphatic heterocycles. The van der Waals surface area contributed by atoms with Gasteiger partial charge in [0, 0.05) is 5.69 Å². The monoisotopic (exact) mass is 436 g/mol. The highest BCUT2D eigenvalue weighted by atomic mass is 32.2. The van der Waals surface area contributed by atoms with Gasteiger partial charge in [-0.05, 0) is 67.3 Å². The zero-order chi connectivity index (χ0) is 22.0. The van der Waals surface area contributed by atoms with E-state index in [-0.39, 0.29) is 17.8 Å². The highest BCUT2D eigenvalue weighted by Gasteiger charge is 2.33. The maximum atomic E-state index is 12.8. The number of para-hydroxylation sites is 2. The van der Waals surface area contributed by atoms with Crippen molar-refractivity contribution in [3.63, 3.8) is 0 Å². The number of esters is 1. The minimum Gasteiger partial charge on any atom is -0.461 e. The van der Waals surface area contributed by atoms with Crippen LogP contribution < -0.4 is 0 Å². The Hall–Kier alpha value is -2.27. The summed E-state index contributed by atoms with van der Waals surface area (Å²) in [6.45, 7) is 8.82. The Bertz CT molecular complexity index is 1060. The van der Waals surface area contributed by atoms with Crippen LogP contribution in [0.5, 0.6) is 0 Å². The lowest BCUT2D eigenvalue weighted by atomic mass is 9.75. The van der Waals surface area contributed by atoms with Crippen molar-refractivity contribution in [1.29, 1.82) is 0 Å². The van der Waals surface area contributed by atoms with E-state index < -0.39 is 0 Å². The molecule has 1 aromatic heterocycles. The largest absolute Gasteiger partial charge is 0.461 e. The van der Waals surface area contributed by atoms with Crippen LogP contribution >= 0.6 is 11.8 Å². The number of hydrogen-bond acceptors (Lipinski definition) is 4. The predicted octanol–water partition coefficient (Wildman–Crippen LogP) is 6.43. The minimum atomic E-state index is -0.141. The van der Waals surface area contributed by atoms with Gasteiger partial charge >= 0.3 is 5.97 Å². The number of fused-ring (bicyclic) bond motifs is 1. The first-order valence-corrected chi connectivity index (χ1v) is 12.3. The van der Waals surface area contributed by atoms with Gasteiger partial charge in [0.25, 0.3) is 0 Å². The minimum absolute atomic E-state index is 0.0347. The molecule has 0 amide bonds. The van der Waals surface area contributed by atoms with Crippen molar-refractivity contribution in [2.45, 2.75) is 58.2 Å². The molecular formula is C26H32N2O2S. The van der Waals surface area contributed by atoms with Crippen molar-refractivity contribution < 1.29 is 9.53 Å². The highest BCUT2D eigenvalue weighted by molar-refractivity contribution is 7.99. The first-order chi connectivity index (χ1) is 14.9. The van der Waals surface area contributed by atoms with Gasteiger partial charge in [-0.2, -0.15) is 0 Å². The molecule has 0 N–H and O–H groups in total. The van der Waals surface area contributed by atoms with E-state index in [4.69, 9.17) is 9.72 Å². The number of nitrogens with zero attached hydrogens (tertiary/aromatic N) is 2. The second-order valence-corrected chi connectivity index (χ2v) is 10.1. The molecule has 164 valence electrons. The third-order valence-corrected chi connectivity index (χ3v) is 7.27. The lowest BCUT2D eigenvalue weighted by Crippen LogP contribution is -2.36. The van der Waals surface area contributed by atoms with Crippen LogP contribution in [0.1, 0.15) is 45.6 Å². The van der Waals surface area contributed by atoms with Crippen LogP contribution in [0.3, 0.4) is 0 Å². The fraction of sp³-hybridized carbons (Fsp3) is 0.462. The SMILES string of the molecule is Cc1cccc(-n2c(SCC(=O)O[C@@H]3C[C@H](C)CC[C@H]3C(C)C)nc3ccccc32)c1. The molecule has 4 rings (SSSR count). The molecule has 1 saturated carbocycles. The van der Waals surface area contributed by atoms with E-state index in [2.05, 4.69) is 62.6 Å².